The topological polar surface area (TPSA) is 15.3 Å². The van der Waals surface area contributed by atoms with Crippen LogP contribution in [0.3, 0.4) is 0 Å². The largest absolute Gasteiger partial charge is 0.311 e. The summed E-state index contributed by atoms with van der Waals surface area (Å²) in [5, 5.41) is 3.76. The Kier molecular flexibility index (Phi) is 3.63. The van der Waals surface area contributed by atoms with Crippen LogP contribution < -0.4 is 5.32 Å². The summed E-state index contributed by atoms with van der Waals surface area (Å²) in [7, 11) is 0. The van der Waals surface area contributed by atoms with Gasteiger partial charge in [-0.1, -0.05) is 0 Å². The second-order valence-electron chi connectivity index (χ2n) is 5.34. The van der Waals surface area contributed by atoms with E-state index in [2.05, 4.69) is 42.1 Å². The zero-order valence-corrected chi connectivity index (χ0v) is 11.1. The summed E-state index contributed by atoms with van der Waals surface area (Å²) in [6.45, 7) is 8.35. The maximum Gasteiger partial charge on any atom is 0.0282 e. The summed E-state index contributed by atoms with van der Waals surface area (Å²) in [6, 6.07) is 1.46. The fraction of sp³-hybridized carbons (Fsp3) is 1.00. The summed E-state index contributed by atoms with van der Waals surface area (Å²) in [4.78, 5) is 2.58. The molecule has 3 heteroatoms. The van der Waals surface area contributed by atoms with Crippen molar-refractivity contribution in [3.05, 3.63) is 0 Å². The van der Waals surface area contributed by atoms with Crippen molar-refractivity contribution in [1.29, 1.82) is 0 Å². The van der Waals surface area contributed by atoms with Gasteiger partial charge in [-0.15, -0.1) is 0 Å². The Morgan fingerprint density at radius 2 is 2.20 bits per heavy atom. The molecule has 0 spiro atoms. The number of hydrogen-bond donors (Lipinski definition) is 1. The summed E-state index contributed by atoms with van der Waals surface area (Å²) in [5.41, 5.74) is 0. The molecule has 0 aromatic rings. The number of hydrogen-bond acceptors (Lipinski definition) is 3. The van der Waals surface area contributed by atoms with Crippen molar-refractivity contribution in [2.24, 2.45) is 0 Å². The van der Waals surface area contributed by atoms with Gasteiger partial charge in [0.15, 0.2) is 0 Å². The maximum absolute atomic E-state index is 3.76. The van der Waals surface area contributed by atoms with Gasteiger partial charge in [0.1, 0.15) is 0 Å². The lowest BCUT2D eigenvalue weighted by Crippen LogP contribution is -2.38. The van der Waals surface area contributed by atoms with E-state index in [9.17, 15) is 0 Å². The second kappa shape index (κ2) is 4.64. The Morgan fingerprint density at radius 1 is 1.47 bits per heavy atom. The van der Waals surface area contributed by atoms with Crippen LogP contribution in [-0.4, -0.2) is 47.6 Å². The zero-order valence-electron chi connectivity index (χ0n) is 10.3. The third-order valence-corrected chi connectivity index (χ3v) is 5.32. The van der Waals surface area contributed by atoms with E-state index in [0.717, 1.165) is 6.04 Å². The van der Waals surface area contributed by atoms with Gasteiger partial charge in [-0.2, -0.15) is 11.8 Å². The molecule has 1 saturated heterocycles. The number of thioether (sulfide) groups is 1. The van der Waals surface area contributed by atoms with E-state index in [1.807, 2.05) is 0 Å². The van der Waals surface area contributed by atoms with Crippen molar-refractivity contribution in [2.45, 2.75) is 49.9 Å². The number of nitrogens with one attached hydrogen (secondary N) is 1. The summed E-state index contributed by atoms with van der Waals surface area (Å²) in [6.07, 6.45) is 6.43. The van der Waals surface area contributed by atoms with Crippen LogP contribution in [0, 0.1) is 0 Å². The molecule has 15 heavy (non-hydrogen) atoms. The first kappa shape index (κ1) is 11.7. The van der Waals surface area contributed by atoms with Gasteiger partial charge in [-0.05, 0) is 45.9 Å². The number of nitrogens with zero attached hydrogens (tertiary/aromatic N) is 1. The summed E-state index contributed by atoms with van der Waals surface area (Å²) < 4.78 is 0.616. The van der Waals surface area contributed by atoms with Gasteiger partial charge in [0, 0.05) is 29.9 Å². The quantitative estimate of drug-likeness (QED) is 0.774. The van der Waals surface area contributed by atoms with E-state index in [1.54, 1.807) is 0 Å². The van der Waals surface area contributed by atoms with Crippen LogP contribution in [0.25, 0.3) is 0 Å². The van der Waals surface area contributed by atoms with E-state index >= 15 is 0 Å². The SMILES string of the molecule is CSC1(CNC2CCN(C(C)C)C2)CC1. The molecule has 0 radical (unpaired) electrons. The van der Waals surface area contributed by atoms with Crippen molar-refractivity contribution < 1.29 is 0 Å². The average molecular weight is 228 g/mol. The average Bonchev–Trinajstić information content (AvgIpc) is 2.85. The highest BCUT2D eigenvalue weighted by molar-refractivity contribution is 8.00. The zero-order chi connectivity index (χ0) is 10.9. The Balaban J connectivity index is 1.69. The van der Waals surface area contributed by atoms with Crippen LogP contribution in [0.4, 0.5) is 0 Å². The fourth-order valence-corrected chi connectivity index (χ4v) is 3.08. The normalized spacial score (nSPS) is 30.0. The van der Waals surface area contributed by atoms with Crippen molar-refractivity contribution in [3.63, 3.8) is 0 Å². The van der Waals surface area contributed by atoms with E-state index in [0.29, 0.717) is 10.8 Å². The smallest absolute Gasteiger partial charge is 0.0282 e. The van der Waals surface area contributed by atoms with E-state index in [4.69, 9.17) is 0 Å². The van der Waals surface area contributed by atoms with Crippen LogP contribution in [-0.2, 0) is 0 Å². The number of likely N-dealkylation sites (tertiary alicyclic amines) is 1. The Labute approximate surface area is 98.2 Å². The highest BCUT2D eigenvalue weighted by atomic mass is 32.2. The minimum Gasteiger partial charge on any atom is -0.311 e. The first-order valence-electron chi connectivity index (χ1n) is 6.18. The van der Waals surface area contributed by atoms with Gasteiger partial charge in [0.2, 0.25) is 0 Å². The van der Waals surface area contributed by atoms with Crippen LogP contribution in [0.2, 0.25) is 0 Å². The Morgan fingerprint density at radius 3 is 2.67 bits per heavy atom. The molecule has 1 unspecified atom stereocenters. The molecule has 0 amide bonds. The highest BCUT2D eigenvalue weighted by Gasteiger charge is 2.42. The summed E-state index contributed by atoms with van der Waals surface area (Å²) >= 11 is 2.05. The lowest BCUT2D eigenvalue weighted by molar-refractivity contribution is 0.268. The van der Waals surface area contributed by atoms with Gasteiger partial charge in [-0.25, -0.2) is 0 Å². The standard InChI is InChI=1S/C12H24N2S/c1-10(2)14-7-4-11(8-14)13-9-12(15-3)5-6-12/h10-11,13H,4-9H2,1-3H3. The van der Waals surface area contributed by atoms with E-state index in [1.165, 1.54) is 38.9 Å². The molecule has 1 saturated carbocycles. The third-order valence-electron chi connectivity index (χ3n) is 3.90. The summed E-state index contributed by atoms with van der Waals surface area (Å²) in [5.74, 6) is 0. The predicted molar refractivity (Wildman–Crippen MR) is 68.6 cm³/mol. The minimum absolute atomic E-state index is 0.616. The van der Waals surface area contributed by atoms with Crippen LogP contribution in [0.5, 0.6) is 0 Å². The first-order valence-corrected chi connectivity index (χ1v) is 7.40. The van der Waals surface area contributed by atoms with Gasteiger partial charge in [0.25, 0.3) is 0 Å². The number of rotatable bonds is 5. The van der Waals surface area contributed by atoms with Crippen LogP contribution >= 0.6 is 11.8 Å². The van der Waals surface area contributed by atoms with E-state index < -0.39 is 0 Å². The molecule has 0 aromatic carbocycles. The van der Waals surface area contributed by atoms with Crippen LogP contribution in [0.1, 0.15) is 33.1 Å². The minimum atomic E-state index is 0.616. The molecule has 88 valence electrons. The van der Waals surface area contributed by atoms with Crippen molar-refractivity contribution in [3.8, 4) is 0 Å². The Bertz CT molecular complexity index is 214. The molecule has 2 rings (SSSR count). The first-order chi connectivity index (χ1) is 7.15. The van der Waals surface area contributed by atoms with Gasteiger partial charge in [0.05, 0.1) is 0 Å². The molecular formula is C12H24N2S. The van der Waals surface area contributed by atoms with Crippen molar-refractivity contribution in [1.82, 2.24) is 10.2 Å². The van der Waals surface area contributed by atoms with Gasteiger partial charge < -0.3 is 5.32 Å². The lowest BCUT2D eigenvalue weighted by atomic mass is 10.2. The fourth-order valence-electron chi connectivity index (χ4n) is 2.35. The molecule has 1 aliphatic heterocycles. The van der Waals surface area contributed by atoms with Crippen LogP contribution in [0.15, 0.2) is 0 Å². The van der Waals surface area contributed by atoms with E-state index in [-0.39, 0.29) is 0 Å². The van der Waals surface area contributed by atoms with Crippen molar-refractivity contribution >= 4 is 11.8 Å². The molecule has 2 fully saturated rings. The monoisotopic (exact) mass is 228 g/mol. The predicted octanol–water partition coefficient (Wildman–Crippen LogP) is 1.95. The molecular weight excluding hydrogens is 204 g/mol. The molecule has 1 atom stereocenters. The lowest BCUT2D eigenvalue weighted by Gasteiger charge is -2.21. The maximum atomic E-state index is 3.76. The van der Waals surface area contributed by atoms with Gasteiger partial charge in [-0.3, -0.25) is 4.90 Å². The molecule has 1 aliphatic carbocycles. The van der Waals surface area contributed by atoms with Crippen molar-refractivity contribution in [2.75, 3.05) is 25.9 Å². The molecule has 1 N–H and O–H groups in total. The molecule has 0 bridgehead atoms. The highest BCUT2D eigenvalue weighted by Crippen LogP contribution is 2.46. The Hall–Kier alpha value is 0.270. The third kappa shape index (κ3) is 2.89. The molecule has 2 aliphatic rings. The molecule has 0 aromatic heterocycles. The molecule has 1 heterocycles. The van der Waals surface area contributed by atoms with Gasteiger partial charge >= 0.3 is 0 Å². The second-order valence-corrected chi connectivity index (χ2v) is 6.62. The molecule has 2 nitrogen and oxygen atoms in total.